The molecule has 0 aromatic carbocycles. The first-order valence-electron chi connectivity index (χ1n) is 5.18. The number of carbonyl (C=O) groups is 1. The number of amides is 1. The van der Waals surface area contributed by atoms with Crippen LogP contribution in [0, 0.1) is 11.8 Å². The molecular formula is C10H16ClNO. The van der Waals surface area contributed by atoms with Crippen LogP contribution in [-0.2, 0) is 0 Å². The summed E-state index contributed by atoms with van der Waals surface area (Å²) in [6.07, 6.45) is 5.19. The third-order valence-electron chi connectivity index (χ3n) is 3.67. The van der Waals surface area contributed by atoms with Gasteiger partial charge >= 0.3 is 5.37 Å². The lowest BCUT2D eigenvalue weighted by molar-refractivity contribution is 0.172. The van der Waals surface area contributed by atoms with Gasteiger partial charge in [-0.15, -0.1) is 0 Å². The van der Waals surface area contributed by atoms with Gasteiger partial charge in [-0.3, -0.25) is 4.79 Å². The second-order valence-corrected chi connectivity index (χ2v) is 4.60. The largest absolute Gasteiger partial charge is 0.326 e. The first-order chi connectivity index (χ1) is 6.22. The number of halogens is 1. The molecule has 0 heterocycles. The van der Waals surface area contributed by atoms with E-state index in [2.05, 4.69) is 0 Å². The fourth-order valence-electron chi connectivity index (χ4n) is 3.08. The van der Waals surface area contributed by atoms with Gasteiger partial charge in [-0.2, -0.15) is 0 Å². The molecule has 3 unspecified atom stereocenters. The molecular weight excluding hydrogens is 186 g/mol. The molecule has 0 aromatic rings. The van der Waals surface area contributed by atoms with Crippen LogP contribution in [0.2, 0.25) is 0 Å². The summed E-state index contributed by atoms with van der Waals surface area (Å²) in [4.78, 5) is 13.0. The molecule has 3 heteroatoms. The lowest BCUT2D eigenvalue weighted by Crippen LogP contribution is -2.40. The highest BCUT2D eigenvalue weighted by atomic mass is 35.5. The number of nitrogens with zero attached hydrogens (tertiary/aromatic N) is 1. The van der Waals surface area contributed by atoms with Crippen LogP contribution in [0.3, 0.4) is 0 Å². The molecule has 2 saturated carbocycles. The van der Waals surface area contributed by atoms with Gasteiger partial charge in [0.25, 0.3) is 0 Å². The summed E-state index contributed by atoms with van der Waals surface area (Å²) in [5.41, 5.74) is 0. The van der Waals surface area contributed by atoms with Gasteiger partial charge in [0.1, 0.15) is 0 Å². The number of carbonyl (C=O) groups excluding carboxylic acids is 1. The Bertz CT molecular complexity index is 219. The van der Waals surface area contributed by atoms with E-state index in [0.29, 0.717) is 6.04 Å². The molecule has 1 amide bonds. The topological polar surface area (TPSA) is 20.3 Å². The molecule has 0 spiro atoms. The van der Waals surface area contributed by atoms with Crippen molar-refractivity contribution in [2.24, 2.45) is 11.8 Å². The SMILES string of the molecule is CCN(C(=O)Cl)C1CC2CCC1C2. The molecule has 3 atom stereocenters. The zero-order chi connectivity index (χ0) is 9.42. The van der Waals surface area contributed by atoms with Gasteiger partial charge in [-0.25, -0.2) is 0 Å². The maximum atomic E-state index is 11.1. The highest BCUT2D eigenvalue weighted by Crippen LogP contribution is 2.46. The van der Waals surface area contributed by atoms with Crippen LogP contribution >= 0.6 is 11.6 Å². The van der Waals surface area contributed by atoms with Gasteiger partial charge in [0.2, 0.25) is 0 Å². The van der Waals surface area contributed by atoms with Crippen LogP contribution in [0.15, 0.2) is 0 Å². The van der Waals surface area contributed by atoms with Crippen LogP contribution in [0.1, 0.15) is 32.6 Å². The van der Waals surface area contributed by atoms with E-state index in [1.54, 1.807) is 0 Å². The molecule has 2 rings (SSSR count). The van der Waals surface area contributed by atoms with E-state index in [1.807, 2.05) is 11.8 Å². The summed E-state index contributed by atoms with van der Waals surface area (Å²) in [6, 6.07) is 0.453. The molecule has 0 aromatic heterocycles. The summed E-state index contributed by atoms with van der Waals surface area (Å²) in [6.45, 7) is 2.77. The van der Waals surface area contributed by atoms with Crippen LogP contribution in [0.4, 0.5) is 4.79 Å². The van der Waals surface area contributed by atoms with E-state index >= 15 is 0 Å². The Morgan fingerprint density at radius 3 is 2.62 bits per heavy atom. The molecule has 2 fully saturated rings. The Hall–Kier alpha value is -0.240. The Morgan fingerprint density at radius 2 is 2.23 bits per heavy atom. The Labute approximate surface area is 84.2 Å². The molecule has 13 heavy (non-hydrogen) atoms. The number of rotatable bonds is 2. The third kappa shape index (κ3) is 1.56. The average molecular weight is 202 g/mol. The van der Waals surface area contributed by atoms with Gasteiger partial charge in [-0.05, 0) is 49.6 Å². The Morgan fingerprint density at radius 1 is 1.46 bits per heavy atom. The van der Waals surface area contributed by atoms with Crippen molar-refractivity contribution in [3.63, 3.8) is 0 Å². The van der Waals surface area contributed by atoms with Crippen molar-refractivity contribution in [1.29, 1.82) is 0 Å². The monoisotopic (exact) mass is 201 g/mol. The maximum Gasteiger partial charge on any atom is 0.316 e. The predicted octanol–water partition coefficient (Wildman–Crippen LogP) is 2.86. The van der Waals surface area contributed by atoms with Crippen molar-refractivity contribution >= 4 is 17.0 Å². The minimum Gasteiger partial charge on any atom is -0.326 e. The summed E-state index contributed by atoms with van der Waals surface area (Å²) < 4.78 is 0. The highest BCUT2D eigenvalue weighted by molar-refractivity contribution is 6.62. The van der Waals surface area contributed by atoms with E-state index in [4.69, 9.17) is 11.6 Å². The number of fused-ring (bicyclic) bond motifs is 2. The Kier molecular flexibility index (Phi) is 2.50. The quantitative estimate of drug-likeness (QED) is 0.497. The van der Waals surface area contributed by atoms with Crippen molar-refractivity contribution in [2.45, 2.75) is 38.6 Å². The second kappa shape index (κ2) is 3.49. The number of hydrogen-bond acceptors (Lipinski definition) is 1. The summed E-state index contributed by atoms with van der Waals surface area (Å²) in [5.74, 6) is 1.62. The van der Waals surface area contributed by atoms with Gasteiger partial charge in [-0.1, -0.05) is 6.42 Å². The molecule has 0 radical (unpaired) electrons. The van der Waals surface area contributed by atoms with Gasteiger partial charge in [0.05, 0.1) is 0 Å². The second-order valence-electron chi connectivity index (χ2n) is 4.28. The van der Waals surface area contributed by atoms with E-state index in [9.17, 15) is 4.79 Å². The van der Waals surface area contributed by atoms with Crippen molar-refractivity contribution in [1.82, 2.24) is 4.90 Å². The van der Waals surface area contributed by atoms with Crippen LogP contribution < -0.4 is 0 Å². The molecule has 2 bridgehead atoms. The van der Waals surface area contributed by atoms with Crippen LogP contribution in [0.25, 0.3) is 0 Å². The lowest BCUT2D eigenvalue weighted by Gasteiger charge is -2.32. The first kappa shape index (κ1) is 9.32. The van der Waals surface area contributed by atoms with E-state index in [1.165, 1.54) is 25.7 Å². The molecule has 2 nitrogen and oxygen atoms in total. The van der Waals surface area contributed by atoms with Crippen molar-refractivity contribution in [3.8, 4) is 0 Å². The lowest BCUT2D eigenvalue weighted by atomic mass is 9.94. The minimum absolute atomic E-state index is 0.264. The third-order valence-corrected chi connectivity index (χ3v) is 3.88. The van der Waals surface area contributed by atoms with Crippen molar-refractivity contribution in [3.05, 3.63) is 0 Å². The smallest absolute Gasteiger partial charge is 0.316 e. The highest BCUT2D eigenvalue weighted by Gasteiger charge is 2.42. The zero-order valence-electron chi connectivity index (χ0n) is 8.00. The minimum atomic E-state index is -0.264. The van der Waals surface area contributed by atoms with Crippen molar-refractivity contribution in [2.75, 3.05) is 6.54 Å². The Balaban J connectivity index is 2.04. The summed E-state index contributed by atoms with van der Waals surface area (Å²) >= 11 is 5.55. The molecule has 0 saturated heterocycles. The van der Waals surface area contributed by atoms with Gasteiger partial charge in [0.15, 0.2) is 0 Å². The molecule has 0 N–H and O–H groups in total. The van der Waals surface area contributed by atoms with Gasteiger partial charge in [0, 0.05) is 12.6 Å². The predicted molar refractivity (Wildman–Crippen MR) is 52.9 cm³/mol. The average Bonchev–Trinajstić information content (AvgIpc) is 2.65. The molecule has 74 valence electrons. The standard InChI is InChI=1S/C10H16ClNO/c1-2-12(10(11)13)9-6-7-3-4-8(9)5-7/h7-9H,2-6H2,1H3. The molecule has 2 aliphatic carbocycles. The van der Waals surface area contributed by atoms with E-state index in [0.717, 1.165) is 18.4 Å². The first-order valence-corrected chi connectivity index (χ1v) is 5.56. The van der Waals surface area contributed by atoms with Crippen LogP contribution in [0.5, 0.6) is 0 Å². The van der Waals surface area contributed by atoms with Crippen molar-refractivity contribution < 1.29 is 4.79 Å². The maximum absolute atomic E-state index is 11.1. The fraction of sp³-hybridized carbons (Fsp3) is 0.900. The fourth-order valence-corrected chi connectivity index (χ4v) is 3.33. The number of hydrogen-bond donors (Lipinski definition) is 0. The summed E-state index contributed by atoms with van der Waals surface area (Å²) in [7, 11) is 0. The summed E-state index contributed by atoms with van der Waals surface area (Å²) in [5, 5.41) is -0.264. The van der Waals surface area contributed by atoms with E-state index < -0.39 is 0 Å². The van der Waals surface area contributed by atoms with E-state index in [-0.39, 0.29) is 5.37 Å². The zero-order valence-corrected chi connectivity index (χ0v) is 8.76. The van der Waals surface area contributed by atoms with Gasteiger partial charge < -0.3 is 4.90 Å². The normalized spacial score (nSPS) is 36.6. The molecule has 2 aliphatic rings. The van der Waals surface area contributed by atoms with Crippen LogP contribution in [-0.4, -0.2) is 22.9 Å². The molecule has 0 aliphatic heterocycles.